The monoisotopic (exact) mass is 275 g/mol. The van der Waals surface area contributed by atoms with Crippen LogP contribution in [0.3, 0.4) is 0 Å². The Morgan fingerprint density at radius 1 is 1.40 bits per heavy atom. The Labute approximate surface area is 121 Å². The van der Waals surface area contributed by atoms with E-state index in [4.69, 9.17) is 5.73 Å². The molecule has 0 spiro atoms. The number of likely N-dealkylation sites (tertiary alicyclic amines) is 1. The van der Waals surface area contributed by atoms with Crippen molar-refractivity contribution in [3.63, 3.8) is 0 Å². The van der Waals surface area contributed by atoms with Gasteiger partial charge < -0.3 is 16.0 Å². The minimum atomic E-state index is -0.0307. The van der Waals surface area contributed by atoms with Crippen LogP contribution in [0.1, 0.15) is 35.7 Å². The fourth-order valence-electron chi connectivity index (χ4n) is 2.51. The molecule has 1 amide bonds. The maximum atomic E-state index is 12.2. The van der Waals surface area contributed by atoms with Crippen molar-refractivity contribution in [2.24, 2.45) is 5.41 Å². The number of nitrogens with two attached hydrogens (primary N) is 1. The van der Waals surface area contributed by atoms with E-state index in [-0.39, 0.29) is 11.3 Å². The van der Waals surface area contributed by atoms with Crippen molar-refractivity contribution >= 4 is 11.6 Å². The molecule has 0 unspecified atom stereocenters. The molecule has 4 heteroatoms. The number of carbonyl (C=O) groups excluding carboxylic acids is 1. The van der Waals surface area contributed by atoms with Crippen LogP contribution in [0, 0.1) is 12.3 Å². The minimum Gasteiger partial charge on any atom is -0.398 e. The van der Waals surface area contributed by atoms with Gasteiger partial charge in [0.15, 0.2) is 0 Å². The third-order valence-corrected chi connectivity index (χ3v) is 4.41. The normalized spacial score (nSPS) is 18.8. The Morgan fingerprint density at radius 3 is 2.65 bits per heavy atom. The molecule has 0 radical (unpaired) electrons. The minimum absolute atomic E-state index is 0.0307. The highest BCUT2D eigenvalue weighted by Gasteiger charge is 2.29. The van der Waals surface area contributed by atoms with E-state index in [9.17, 15) is 4.79 Å². The lowest BCUT2D eigenvalue weighted by molar-refractivity contribution is 0.0891. The number of benzene rings is 1. The Hall–Kier alpha value is -1.55. The zero-order valence-electron chi connectivity index (χ0n) is 12.7. The van der Waals surface area contributed by atoms with Crippen LogP contribution in [0.5, 0.6) is 0 Å². The van der Waals surface area contributed by atoms with Crippen LogP contribution < -0.4 is 11.1 Å². The predicted molar refractivity (Wildman–Crippen MR) is 82.8 cm³/mol. The molecule has 1 aromatic carbocycles. The summed E-state index contributed by atoms with van der Waals surface area (Å²) in [5.41, 5.74) is 8.38. The first-order valence-corrected chi connectivity index (χ1v) is 7.22. The van der Waals surface area contributed by atoms with Crippen LogP contribution in [0.15, 0.2) is 18.2 Å². The standard InChI is InChI=1S/C16H25N3O/c1-12-4-5-13(10-14(12)17)15(20)18-11-16(2)6-8-19(3)9-7-16/h4-5,10H,6-9,11,17H2,1-3H3,(H,18,20). The van der Waals surface area contributed by atoms with Gasteiger partial charge in [-0.25, -0.2) is 0 Å². The number of amides is 1. The maximum absolute atomic E-state index is 12.2. The number of carbonyl (C=O) groups is 1. The van der Waals surface area contributed by atoms with E-state index in [0.717, 1.165) is 38.0 Å². The molecule has 0 atom stereocenters. The summed E-state index contributed by atoms with van der Waals surface area (Å²) in [6, 6.07) is 5.47. The largest absolute Gasteiger partial charge is 0.398 e. The molecule has 1 aromatic rings. The number of aryl methyl sites for hydroxylation is 1. The molecule has 0 aliphatic carbocycles. The number of hydrogen-bond acceptors (Lipinski definition) is 3. The van der Waals surface area contributed by atoms with Crippen LogP contribution in [-0.4, -0.2) is 37.5 Å². The van der Waals surface area contributed by atoms with Crippen LogP contribution in [-0.2, 0) is 0 Å². The Balaban J connectivity index is 1.93. The van der Waals surface area contributed by atoms with Crippen molar-refractivity contribution in [1.29, 1.82) is 0 Å². The van der Waals surface area contributed by atoms with Gasteiger partial charge in [-0.15, -0.1) is 0 Å². The molecule has 1 aliphatic rings. The van der Waals surface area contributed by atoms with Crippen molar-refractivity contribution in [2.75, 3.05) is 32.4 Å². The van der Waals surface area contributed by atoms with Gasteiger partial charge in [-0.05, 0) is 63.0 Å². The second-order valence-corrected chi connectivity index (χ2v) is 6.37. The molecule has 0 aromatic heterocycles. The number of anilines is 1. The average molecular weight is 275 g/mol. The van der Waals surface area contributed by atoms with Gasteiger partial charge >= 0.3 is 0 Å². The number of piperidine rings is 1. The summed E-state index contributed by atoms with van der Waals surface area (Å²) in [5, 5.41) is 3.06. The highest BCUT2D eigenvalue weighted by atomic mass is 16.1. The zero-order valence-corrected chi connectivity index (χ0v) is 12.7. The van der Waals surface area contributed by atoms with E-state index in [1.165, 1.54) is 0 Å². The first-order chi connectivity index (χ1) is 9.39. The molecule has 1 heterocycles. The van der Waals surface area contributed by atoms with Crippen molar-refractivity contribution < 1.29 is 4.79 Å². The van der Waals surface area contributed by atoms with E-state index < -0.39 is 0 Å². The second-order valence-electron chi connectivity index (χ2n) is 6.37. The molecule has 110 valence electrons. The van der Waals surface area contributed by atoms with E-state index in [2.05, 4.69) is 24.2 Å². The summed E-state index contributed by atoms with van der Waals surface area (Å²) >= 11 is 0. The fourth-order valence-corrected chi connectivity index (χ4v) is 2.51. The fraction of sp³-hybridized carbons (Fsp3) is 0.562. The molecule has 1 fully saturated rings. The molecule has 20 heavy (non-hydrogen) atoms. The smallest absolute Gasteiger partial charge is 0.251 e. The molecule has 4 nitrogen and oxygen atoms in total. The van der Waals surface area contributed by atoms with Gasteiger partial charge in [0.2, 0.25) is 0 Å². The van der Waals surface area contributed by atoms with E-state index in [0.29, 0.717) is 11.3 Å². The Morgan fingerprint density at radius 2 is 2.05 bits per heavy atom. The van der Waals surface area contributed by atoms with Crippen molar-refractivity contribution in [2.45, 2.75) is 26.7 Å². The highest BCUT2D eigenvalue weighted by molar-refractivity contribution is 5.95. The third-order valence-electron chi connectivity index (χ3n) is 4.41. The van der Waals surface area contributed by atoms with Gasteiger partial charge in [-0.3, -0.25) is 4.79 Å². The first-order valence-electron chi connectivity index (χ1n) is 7.22. The van der Waals surface area contributed by atoms with Crippen molar-refractivity contribution in [3.05, 3.63) is 29.3 Å². The average Bonchev–Trinajstić information content (AvgIpc) is 2.43. The number of hydrogen-bond donors (Lipinski definition) is 2. The van der Waals surface area contributed by atoms with Crippen LogP contribution in [0.4, 0.5) is 5.69 Å². The molecular formula is C16H25N3O. The molecular weight excluding hydrogens is 250 g/mol. The lowest BCUT2D eigenvalue weighted by atomic mass is 9.80. The summed E-state index contributed by atoms with van der Waals surface area (Å²) in [7, 11) is 2.15. The van der Waals surface area contributed by atoms with E-state index in [1.807, 2.05) is 19.1 Å². The van der Waals surface area contributed by atoms with Gasteiger partial charge in [0.05, 0.1) is 0 Å². The van der Waals surface area contributed by atoms with Gasteiger partial charge in [-0.2, -0.15) is 0 Å². The topological polar surface area (TPSA) is 58.4 Å². The molecule has 2 rings (SSSR count). The van der Waals surface area contributed by atoms with Gasteiger partial charge in [-0.1, -0.05) is 13.0 Å². The molecule has 1 saturated heterocycles. The second kappa shape index (κ2) is 5.83. The summed E-state index contributed by atoms with van der Waals surface area (Å²) in [5.74, 6) is -0.0307. The van der Waals surface area contributed by atoms with Crippen molar-refractivity contribution in [1.82, 2.24) is 10.2 Å². The van der Waals surface area contributed by atoms with Gasteiger partial charge in [0, 0.05) is 17.8 Å². The number of nitrogens with one attached hydrogen (secondary N) is 1. The van der Waals surface area contributed by atoms with E-state index in [1.54, 1.807) is 6.07 Å². The summed E-state index contributed by atoms with van der Waals surface area (Å²) < 4.78 is 0. The third kappa shape index (κ3) is 3.51. The van der Waals surface area contributed by atoms with Gasteiger partial charge in [0.1, 0.15) is 0 Å². The Bertz CT molecular complexity index is 490. The lowest BCUT2D eigenvalue weighted by Gasteiger charge is -2.37. The predicted octanol–water partition coefficient (Wildman–Crippen LogP) is 2.04. The molecule has 0 bridgehead atoms. The quantitative estimate of drug-likeness (QED) is 0.830. The van der Waals surface area contributed by atoms with Crippen LogP contribution in [0.25, 0.3) is 0 Å². The Kier molecular flexibility index (Phi) is 4.33. The van der Waals surface area contributed by atoms with Gasteiger partial charge in [0.25, 0.3) is 5.91 Å². The number of nitrogens with zero attached hydrogens (tertiary/aromatic N) is 1. The van der Waals surface area contributed by atoms with Crippen LogP contribution >= 0.6 is 0 Å². The highest BCUT2D eigenvalue weighted by Crippen LogP contribution is 2.29. The number of rotatable bonds is 3. The zero-order chi connectivity index (χ0) is 14.8. The maximum Gasteiger partial charge on any atom is 0.251 e. The molecule has 0 saturated carbocycles. The van der Waals surface area contributed by atoms with E-state index >= 15 is 0 Å². The summed E-state index contributed by atoms with van der Waals surface area (Å²) in [6.07, 6.45) is 2.25. The molecule has 1 aliphatic heterocycles. The first kappa shape index (κ1) is 14.9. The lowest BCUT2D eigenvalue weighted by Crippen LogP contribution is -2.43. The summed E-state index contributed by atoms with van der Waals surface area (Å²) in [4.78, 5) is 14.5. The SMILES string of the molecule is Cc1ccc(C(=O)NCC2(C)CCN(C)CC2)cc1N. The van der Waals surface area contributed by atoms with Crippen molar-refractivity contribution in [3.8, 4) is 0 Å². The molecule has 3 N–H and O–H groups in total. The summed E-state index contributed by atoms with van der Waals surface area (Å²) in [6.45, 7) is 7.13. The number of nitrogen functional groups attached to an aromatic ring is 1. The van der Waals surface area contributed by atoms with Crippen LogP contribution in [0.2, 0.25) is 0 Å².